The molecule has 1 amide bonds. The van der Waals surface area contributed by atoms with Gasteiger partial charge in [0.1, 0.15) is 36.6 Å². The highest BCUT2D eigenvalue weighted by Gasteiger charge is 2.52. The normalized spacial score (nSPS) is 35.2. The van der Waals surface area contributed by atoms with E-state index in [0.29, 0.717) is 21.4 Å². The molecule has 8 N–H and O–H groups in total. The molecule has 86 heavy (non-hydrogen) atoms. The largest absolute Gasteiger partial charge is 0.492 e. The summed E-state index contributed by atoms with van der Waals surface area (Å²) in [5.41, 5.74) is 1.30. The molecule has 6 aliphatic rings. The molecule has 2 bridgehead atoms. The van der Waals surface area contributed by atoms with Crippen molar-refractivity contribution in [1.29, 1.82) is 0 Å². The molecular weight excluding hydrogens is 1300 g/mol. The van der Waals surface area contributed by atoms with Crippen LogP contribution in [0.5, 0.6) is 17.2 Å². The Bertz CT molecular complexity index is 2790. The number of amides is 1. The number of aliphatic hydroxyl groups is 5. The molecule has 0 unspecified atom stereocenters. The third-order valence-corrected chi connectivity index (χ3v) is 20.8. The second kappa shape index (κ2) is 31.2. The Balaban J connectivity index is 1.13. The Morgan fingerprint density at radius 3 is 2.23 bits per heavy atom. The lowest BCUT2D eigenvalue weighted by Crippen LogP contribution is -2.65. The van der Waals surface area contributed by atoms with E-state index in [-0.39, 0.29) is 76.0 Å². The van der Waals surface area contributed by atoms with Gasteiger partial charge in [-0.25, -0.2) is 4.79 Å². The van der Waals surface area contributed by atoms with Crippen LogP contribution in [0.2, 0.25) is 0 Å². The summed E-state index contributed by atoms with van der Waals surface area (Å²) in [4.78, 5) is 47.7. The highest BCUT2D eigenvalue weighted by Crippen LogP contribution is 2.49. The monoisotopic (exact) mass is 1380 g/mol. The van der Waals surface area contributed by atoms with Gasteiger partial charge in [0.25, 0.3) is 0 Å². The zero-order chi connectivity index (χ0) is 62.9. The van der Waals surface area contributed by atoms with E-state index < -0.39 is 127 Å². The number of fused-ring (bicyclic) bond motifs is 2. The second-order valence-electron chi connectivity index (χ2n) is 22.0. The van der Waals surface area contributed by atoms with Crippen molar-refractivity contribution in [2.45, 2.75) is 195 Å². The summed E-state index contributed by atoms with van der Waals surface area (Å²) in [6.45, 7) is 15.6. The Morgan fingerprint density at radius 2 is 1.58 bits per heavy atom. The lowest BCUT2D eigenvalue weighted by Gasteiger charge is -2.46. The Labute approximate surface area is 527 Å². The number of Topliss-reactive ketones (excluding diaryl/α,β-unsaturated/α-hetero) is 1. The van der Waals surface area contributed by atoms with Crippen molar-refractivity contribution in [3.05, 3.63) is 49.8 Å². The predicted octanol–water partition coefficient (Wildman–Crippen LogP) is 3.72. The molecule has 0 saturated carbocycles. The number of carbonyl (C=O) groups is 3. The van der Waals surface area contributed by atoms with Gasteiger partial charge in [0.05, 0.1) is 97.0 Å². The third-order valence-electron chi connectivity index (χ3n) is 15.0. The van der Waals surface area contributed by atoms with Gasteiger partial charge in [0.2, 0.25) is 17.2 Å². The number of nitrogens with one attached hydrogen (secondary N) is 3. The number of methoxy groups -OCH3 is 5. The molecule has 7 rings (SSSR count). The predicted molar refractivity (Wildman–Crippen MR) is 326 cm³/mol. The SMILES string of the molecule is CCN[C@H]1CO[C@@H](O[C@H]2[C@H](O[C@H]3C#CC=CC#C[C@]4(O)CC(=O)C(NC(=O)OC)=C3/C4=C\CSSC(C)(C)C)O[C@H](C)[C@@H](NO[C@H]3C[C@H](O)[C@H](SC(=O)c4c(C)c(I)c(O[C@@H]5O[C@@H](C)[C@H](O)[C@@H](OC)[C@H]5O)c(OC)c4OC)[C@@H](C)O3)[C@@H]2O)C[C@@H]1OC. The van der Waals surface area contributed by atoms with Crippen molar-refractivity contribution in [1.82, 2.24) is 16.1 Å². The minimum absolute atomic E-state index is 0.0140. The van der Waals surface area contributed by atoms with E-state index in [0.717, 1.165) is 18.9 Å². The van der Waals surface area contributed by atoms with E-state index in [4.69, 9.17) is 61.7 Å². The van der Waals surface area contributed by atoms with Crippen LogP contribution in [0.1, 0.15) is 83.7 Å². The summed E-state index contributed by atoms with van der Waals surface area (Å²) in [6, 6.07) is -1.27. The van der Waals surface area contributed by atoms with Crippen molar-refractivity contribution in [3.8, 4) is 40.9 Å². The molecule has 0 radical (unpaired) electrons. The quantitative estimate of drug-likeness (QED) is 0.0286. The lowest BCUT2D eigenvalue weighted by molar-refractivity contribution is -0.336. The number of aliphatic hydroxyl groups excluding tert-OH is 4. The molecular formula is C58H80IN3O21S3. The van der Waals surface area contributed by atoms with Crippen LogP contribution in [0.15, 0.2) is 35.1 Å². The van der Waals surface area contributed by atoms with Crippen LogP contribution in [0.25, 0.3) is 0 Å². The van der Waals surface area contributed by atoms with Gasteiger partial charge in [-0.15, -0.1) is 0 Å². The van der Waals surface area contributed by atoms with Gasteiger partial charge in [-0.05, 0) is 74.5 Å². The molecule has 0 aromatic heterocycles. The van der Waals surface area contributed by atoms with E-state index in [1.807, 2.05) is 29.5 Å². The Kier molecular flexibility index (Phi) is 25.4. The van der Waals surface area contributed by atoms with Gasteiger partial charge in [-0.2, -0.15) is 5.48 Å². The molecule has 4 aliphatic heterocycles. The van der Waals surface area contributed by atoms with Crippen molar-refractivity contribution in [3.63, 3.8) is 0 Å². The van der Waals surface area contributed by atoms with Crippen LogP contribution >= 0.6 is 55.9 Å². The minimum Gasteiger partial charge on any atom is -0.492 e. The van der Waals surface area contributed by atoms with E-state index in [1.54, 1.807) is 51.7 Å². The molecule has 28 heteroatoms. The number of rotatable bonds is 21. The highest BCUT2D eigenvalue weighted by molar-refractivity contribution is 14.1. The molecule has 478 valence electrons. The van der Waals surface area contributed by atoms with Gasteiger partial charge >= 0.3 is 6.09 Å². The summed E-state index contributed by atoms with van der Waals surface area (Å²) in [5.74, 6) is 11.4. The number of ketones is 1. The van der Waals surface area contributed by atoms with Crippen LogP contribution < -0.4 is 30.3 Å². The molecule has 19 atom stereocenters. The number of hydroxylamine groups is 1. The summed E-state index contributed by atoms with van der Waals surface area (Å²) in [7, 11) is 9.90. The van der Waals surface area contributed by atoms with Crippen LogP contribution in [0, 0.1) is 34.2 Å². The Hall–Kier alpha value is -3.29. The third kappa shape index (κ3) is 16.4. The smallest absolute Gasteiger partial charge is 0.411 e. The Morgan fingerprint density at radius 1 is 0.872 bits per heavy atom. The van der Waals surface area contributed by atoms with E-state index in [2.05, 4.69) is 60.6 Å². The summed E-state index contributed by atoms with van der Waals surface area (Å²) < 4.78 is 72.6. The molecule has 4 heterocycles. The van der Waals surface area contributed by atoms with Gasteiger partial charge in [0.15, 0.2) is 41.8 Å². The molecule has 4 fully saturated rings. The fraction of sp³-hybridized carbons (Fsp3) is 0.672. The zero-order valence-electron chi connectivity index (χ0n) is 50.2. The first-order valence-corrected chi connectivity index (χ1v) is 32.3. The number of hydrogen-bond acceptors (Lipinski definition) is 26. The second-order valence-corrected chi connectivity index (χ2v) is 27.4. The van der Waals surface area contributed by atoms with E-state index in [1.165, 1.54) is 44.3 Å². The lowest BCUT2D eigenvalue weighted by atomic mass is 9.75. The summed E-state index contributed by atoms with van der Waals surface area (Å²) >= 11 is 2.83. The number of allylic oxidation sites excluding steroid dienone is 3. The molecule has 0 spiro atoms. The number of ether oxygens (including phenoxy) is 12. The molecule has 2 aliphatic carbocycles. The van der Waals surface area contributed by atoms with Crippen LogP contribution in [-0.4, -0.2) is 217 Å². The number of halogens is 1. The van der Waals surface area contributed by atoms with E-state index in [9.17, 15) is 39.9 Å². The molecule has 1 aromatic carbocycles. The maximum Gasteiger partial charge on any atom is 0.411 e. The fourth-order valence-electron chi connectivity index (χ4n) is 10.6. The first kappa shape index (κ1) is 70.2. The summed E-state index contributed by atoms with van der Waals surface area (Å²) in [5, 5.41) is 62.9. The zero-order valence-corrected chi connectivity index (χ0v) is 54.8. The van der Waals surface area contributed by atoms with Gasteiger partial charge in [-0.1, -0.05) is 90.8 Å². The topological polar surface area (TPSA) is 308 Å². The highest BCUT2D eigenvalue weighted by atomic mass is 127. The van der Waals surface area contributed by atoms with Gasteiger partial charge in [-0.3, -0.25) is 19.7 Å². The number of likely N-dealkylation sites (N-methyl/N-ethyl adjacent to an activating group) is 1. The number of thioether (sulfide) groups is 1. The average Bonchev–Trinajstić information content (AvgIpc) is 0.894. The number of hydrogen-bond donors (Lipinski definition) is 8. The average molecular weight is 1380 g/mol. The minimum atomic E-state index is -2.07. The number of benzene rings is 1. The van der Waals surface area contributed by atoms with Gasteiger partial charge in [0, 0.05) is 48.7 Å². The van der Waals surface area contributed by atoms with Crippen LogP contribution in [-0.2, 0) is 52.3 Å². The van der Waals surface area contributed by atoms with Crippen LogP contribution in [0.3, 0.4) is 0 Å². The van der Waals surface area contributed by atoms with Crippen molar-refractivity contribution in [2.75, 3.05) is 54.5 Å². The number of alkyl carbamates (subject to hydrolysis) is 1. The fourth-order valence-corrected chi connectivity index (χ4v) is 14.5. The van der Waals surface area contributed by atoms with Crippen LogP contribution in [0.4, 0.5) is 4.79 Å². The first-order chi connectivity index (χ1) is 40.8. The first-order valence-electron chi connectivity index (χ1n) is 28.0. The van der Waals surface area contributed by atoms with Crippen molar-refractivity contribution >= 4 is 72.9 Å². The van der Waals surface area contributed by atoms with Crippen molar-refractivity contribution < 1.29 is 102 Å². The van der Waals surface area contributed by atoms with E-state index >= 15 is 0 Å². The molecule has 24 nitrogen and oxygen atoms in total. The molecule has 1 aromatic rings. The summed E-state index contributed by atoms with van der Waals surface area (Å²) in [6.07, 6.45) is -13.8. The maximum atomic E-state index is 14.5. The molecule has 4 saturated heterocycles. The standard InChI is InChI=1S/C58H80IN3O21S3/c1-14-60-32-26-76-37(24-36(32)71-9)81-50-45(66)42(28(3)78-55(50)80-35-19-17-15-16-18-21-58(70)25-34(64)43(61-56(69)75-13)40(35)31(58)20-22-84-86-57(6,7)8)62-83-38-23-33(63)52(30(5)77-38)85-53(68)39-27(2)41(59)48(51(74-12)47(39)72-10)82-54-46(67)49(73-11)44(65)29(4)79-54/h15-16,20,28-30,32-33,35-38,42,44-46,49-50,52,54-55,60,62-63,65-67,70H,14,22-26H2,1-13H3,(H,61,69)/b16-15?,31-20+/t28-,29+,30-,32+,33+,35+,36+,37+,38+,42-,44+,45+,46-,49-,50-,52-,54+,55+,58+/m1/s1. The van der Waals surface area contributed by atoms with Gasteiger partial charge < -0.3 is 87.7 Å². The maximum absolute atomic E-state index is 14.5. The number of carbonyl (C=O) groups excluding carboxylic acids is 3. The van der Waals surface area contributed by atoms with Crippen molar-refractivity contribution in [2.24, 2.45) is 0 Å².